The molecule has 1 fully saturated rings. The predicted octanol–water partition coefficient (Wildman–Crippen LogP) is 3.43. The second kappa shape index (κ2) is 5.46. The van der Waals surface area contributed by atoms with Gasteiger partial charge in [-0.2, -0.15) is 0 Å². The fourth-order valence-corrected chi connectivity index (χ4v) is 3.09. The quantitative estimate of drug-likeness (QED) is 0.748. The zero-order valence-corrected chi connectivity index (χ0v) is 12.8. The van der Waals surface area contributed by atoms with E-state index < -0.39 is 0 Å². The molecule has 1 aromatic carbocycles. The first-order chi connectivity index (χ1) is 8.95. The van der Waals surface area contributed by atoms with Crippen LogP contribution in [0.1, 0.15) is 51.0 Å². The van der Waals surface area contributed by atoms with E-state index in [2.05, 4.69) is 39.9 Å². The van der Waals surface area contributed by atoms with Crippen molar-refractivity contribution in [2.45, 2.75) is 47.5 Å². The maximum Gasteiger partial charge on any atom is 0.166 e. The van der Waals surface area contributed by atoms with E-state index in [-0.39, 0.29) is 5.92 Å². The molecule has 1 heterocycles. The van der Waals surface area contributed by atoms with E-state index in [9.17, 15) is 4.79 Å². The topological polar surface area (TPSA) is 31.2 Å². The SMILES string of the molecule is Cc1c(C)c(C)c(C(=O)C2CC[N]CC2)c(C)c1C. The minimum atomic E-state index is 0.177. The van der Waals surface area contributed by atoms with E-state index in [0.29, 0.717) is 5.78 Å². The van der Waals surface area contributed by atoms with Gasteiger partial charge in [-0.15, -0.1) is 0 Å². The Balaban J connectivity index is 2.47. The van der Waals surface area contributed by atoms with Crippen LogP contribution in [0.5, 0.6) is 0 Å². The van der Waals surface area contributed by atoms with Gasteiger partial charge in [-0.3, -0.25) is 4.79 Å². The summed E-state index contributed by atoms with van der Waals surface area (Å²) >= 11 is 0. The van der Waals surface area contributed by atoms with Gasteiger partial charge in [0, 0.05) is 24.6 Å². The molecule has 19 heavy (non-hydrogen) atoms. The van der Waals surface area contributed by atoms with Crippen molar-refractivity contribution in [1.82, 2.24) is 5.32 Å². The van der Waals surface area contributed by atoms with Crippen molar-refractivity contribution < 1.29 is 4.79 Å². The highest BCUT2D eigenvalue weighted by atomic mass is 16.1. The lowest BCUT2D eigenvalue weighted by Gasteiger charge is -2.24. The lowest BCUT2D eigenvalue weighted by Crippen LogP contribution is -2.29. The third-order valence-electron chi connectivity index (χ3n) is 4.89. The summed E-state index contributed by atoms with van der Waals surface area (Å²) in [4.78, 5) is 12.8. The minimum Gasteiger partial charge on any atom is -0.294 e. The number of hydrogen-bond donors (Lipinski definition) is 0. The number of rotatable bonds is 2. The zero-order valence-electron chi connectivity index (χ0n) is 12.8. The molecule has 2 nitrogen and oxygen atoms in total. The third-order valence-corrected chi connectivity index (χ3v) is 4.89. The highest BCUT2D eigenvalue weighted by Gasteiger charge is 2.26. The van der Waals surface area contributed by atoms with Gasteiger partial charge < -0.3 is 0 Å². The average molecular weight is 258 g/mol. The molecule has 1 saturated heterocycles. The van der Waals surface area contributed by atoms with Crippen LogP contribution in [0.25, 0.3) is 0 Å². The average Bonchev–Trinajstić information content (AvgIpc) is 2.44. The molecule has 0 unspecified atom stereocenters. The van der Waals surface area contributed by atoms with Crippen LogP contribution in [0.2, 0.25) is 0 Å². The standard InChI is InChI=1S/C17H24NO/c1-10-11(2)13(4)16(14(5)12(10)3)17(19)15-6-8-18-9-7-15/h15H,6-9H2,1-5H3. The van der Waals surface area contributed by atoms with Gasteiger partial charge in [0.25, 0.3) is 0 Å². The molecule has 1 aliphatic rings. The molecule has 2 heteroatoms. The Hall–Kier alpha value is -1.15. The van der Waals surface area contributed by atoms with Crippen molar-refractivity contribution in [3.63, 3.8) is 0 Å². The van der Waals surface area contributed by atoms with Crippen molar-refractivity contribution >= 4 is 5.78 Å². The van der Waals surface area contributed by atoms with Gasteiger partial charge in [0.05, 0.1) is 0 Å². The molecule has 0 aromatic heterocycles. The normalized spacial score (nSPS) is 16.7. The van der Waals surface area contributed by atoms with Crippen LogP contribution in [0.4, 0.5) is 0 Å². The predicted molar refractivity (Wildman–Crippen MR) is 79.0 cm³/mol. The molecule has 0 saturated carbocycles. The summed E-state index contributed by atoms with van der Waals surface area (Å²) in [6, 6.07) is 0. The largest absolute Gasteiger partial charge is 0.294 e. The summed E-state index contributed by atoms with van der Waals surface area (Å²) < 4.78 is 0. The third kappa shape index (κ3) is 2.46. The van der Waals surface area contributed by atoms with E-state index >= 15 is 0 Å². The summed E-state index contributed by atoms with van der Waals surface area (Å²) in [6.45, 7) is 12.3. The Labute approximate surface area is 116 Å². The molecule has 2 rings (SSSR count). The first-order valence-electron chi connectivity index (χ1n) is 7.19. The number of Topliss-reactive ketones (excluding diaryl/α,β-unsaturated/α-hetero) is 1. The second-order valence-electron chi connectivity index (χ2n) is 5.81. The molecular weight excluding hydrogens is 234 g/mol. The van der Waals surface area contributed by atoms with Crippen molar-refractivity contribution in [3.05, 3.63) is 33.4 Å². The lowest BCUT2D eigenvalue weighted by molar-refractivity contribution is 0.0893. The molecule has 0 atom stereocenters. The maximum absolute atomic E-state index is 12.8. The van der Waals surface area contributed by atoms with Crippen molar-refractivity contribution in [2.75, 3.05) is 13.1 Å². The number of ketones is 1. The molecule has 0 amide bonds. The number of benzene rings is 1. The Morgan fingerprint density at radius 2 is 1.26 bits per heavy atom. The highest BCUT2D eigenvalue weighted by molar-refractivity contribution is 6.01. The maximum atomic E-state index is 12.8. The monoisotopic (exact) mass is 258 g/mol. The first kappa shape index (κ1) is 14.3. The number of piperidine rings is 1. The van der Waals surface area contributed by atoms with Gasteiger partial charge >= 0.3 is 0 Å². The number of hydrogen-bond acceptors (Lipinski definition) is 1. The van der Waals surface area contributed by atoms with Crippen LogP contribution >= 0.6 is 0 Å². The van der Waals surface area contributed by atoms with Gasteiger partial charge in [0.15, 0.2) is 5.78 Å². The van der Waals surface area contributed by atoms with E-state index in [4.69, 9.17) is 0 Å². The smallest absolute Gasteiger partial charge is 0.166 e. The van der Waals surface area contributed by atoms with E-state index in [1.165, 1.54) is 27.8 Å². The zero-order chi connectivity index (χ0) is 14.2. The Kier molecular flexibility index (Phi) is 4.10. The van der Waals surface area contributed by atoms with Crippen LogP contribution < -0.4 is 5.32 Å². The summed E-state index contributed by atoms with van der Waals surface area (Å²) in [5.41, 5.74) is 7.19. The summed E-state index contributed by atoms with van der Waals surface area (Å²) in [5, 5.41) is 4.35. The van der Waals surface area contributed by atoms with Crippen LogP contribution in [0.3, 0.4) is 0 Å². The van der Waals surface area contributed by atoms with Gasteiger partial charge in [0.2, 0.25) is 0 Å². The molecule has 1 aromatic rings. The van der Waals surface area contributed by atoms with Crippen molar-refractivity contribution in [2.24, 2.45) is 5.92 Å². The highest BCUT2D eigenvalue weighted by Crippen LogP contribution is 2.29. The van der Waals surface area contributed by atoms with Gasteiger partial charge in [0.1, 0.15) is 0 Å². The molecule has 1 radical (unpaired) electrons. The molecule has 103 valence electrons. The Bertz CT molecular complexity index is 481. The molecule has 1 aliphatic heterocycles. The fourth-order valence-electron chi connectivity index (χ4n) is 3.09. The van der Waals surface area contributed by atoms with E-state index in [0.717, 1.165) is 31.5 Å². The van der Waals surface area contributed by atoms with Gasteiger partial charge in [-0.25, -0.2) is 5.32 Å². The van der Waals surface area contributed by atoms with E-state index in [1.54, 1.807) is 0 Å². The molecule has 0 bridgehead atoms. The Morgan fingerprint density at radius 1 is 0.842 bits per heavy atom. The van der Waals surface area contributed by atoms with Crippen molar-refractivity contribution in [3.8, 4) is 0 Å². The molecule has 0 spiro atoms. The van der Waals surface area contributed by atoms with Crippen molar-refractivity contribution in [1.29, 1.82) is 0 Å². The number of nitrogens with zero attached hydrogens (tertiary/aromatic N) is 1. The fraction of sp³-hybridized carbons (Fsp3) is 0.588. The van der Waals surface area contributed by atoms with Crippen LogP contribution in [-0.4, -0.2) is 18.9 Å². The van der Waals surface area contributed by atoms with Gasteiger partial charge in [-0.05, 0) is 75.3 Å². The lowest BCUT2D eigenvalue weighted by atomic mass is 9.82. The number of carbonyl (C=O) groups is 1. The van der Waals surface area contributed by atoms with Crippen LogP contribution in [0, 0.1) is 40.5 Å². The molecule has 0 aliphatic carbocycles. The summed E-state index contributed by atoms with van der Waals surface area (Å²) in [7, 11) is 0. The van der Waals surface area contributed by atoms with Crippen LogP contribution in [0.15, 0.2) is 0 Å². The Morgan fingerprint density at radius 3 is 1.74 bits per heavy atom. The number of carbonyl (C=O) groups excluding carboxylic acids is 1. The summed E-state index contributed by atoms with van der Waals surface area (Å²) in [5.74, 6) is 0.521. The molecular formula is C17H24NO. The van der Waals surface area contributed by atoms with Gasteiger partial charge in [-0.1, -0.05) is 0 Å². The second-order valence-corrected chi connectivity index (χ2v) is 5.81. The van der Waals surface area contributed by atoms with E-state index in [1.807, 2.05) is 0 Å². The minimum absolute atomic E-state index is 0.177. The summed E-state index contributed by atoms with van der Waals surface area (Å²) in [6.07, 6.45) is 1.84. The first-order valence-corrected chi connectivity index (χ1v) is 7.19. The molecule has 0 N–H and O–H groups in total. The van der Waals surface area contributed by atoms with Crippen LogP contribution in [-0.2, 0) is 0 Å².